The Morgan fingerprint density at radius 1 is 1.27 bits per heavy atom. The Kier molecular flexibility index (Phi) is 3.75. The molecule has 0 unspecified atom stereocenters. The largest absolute Gasteiger partial charge is 0.484 e. The molecule has 0 bridgehead atoms. The summed E-state index contributed by atoms with van der Waals surface area (Å²) in [4.78, 5) is 25.4. The summed E-state index contributed by atoms with van der Waals surface area (Å²) in [7, 11) is 0. The minimum absolute atomic E-state index is 0.00644. The van der Waals surface area contributed by atoms with Gasteiger partial charge in [0, 0.05) is 12.1 Å². The van der Waals surface area contributed by atoms with Gasteiger partial charge in [-0.25, -0.2) is 0 Å². The third kappa shape index (κ3) is 2.77. The molecule has 116 valence electrons. The van der Waals surface area contributed by atoms with E-state index in [9.17, 15) is 9.59 Å². The maximum absolute atomic E-state index is 12.2. The molecule has 2 heterocycles. The molecule has 1 aromatic carbocycles. The molecule has 1 aromatic heterocycles. The zero-order valence-corrected chi connectivity index (χ0v) is 12.7. The lowest BCUT2D eigenvalue weighted by Crippen LogP contribution is -2.39. The molecule has 0 spiro atoms. The van der Waals surface area contributed by atoms with E-state index in [1.54, 1.807) is 4.90 Å². The quantitative estimate of drug-likeness (QED) is 0.896. The van der Waals surface area contributed by atoms with Crippen LogP contribution in [0, 0.1) is 13.8 Å². The van der Waals surface area contributed by atoms with Crippen LogP contribution in [0.25, 0.3) is 0 Å². The molecule has 1 aliphatic heterocycles. The molecule has 6 heteroatoms. The number of H-pyrrole nitrogens is 2. The number of carbonyl (C=O) groups is 1. The lowest BCUT2D eigenvalue weighted by Gasteiger charge is -2.26. The summed E-state index contributed by atoms with van der Waals surface area (Å²) < 4.78 is 5.58. The van der Waals surface area contributed by atoms with Crippen molar-refractivity contribution in [3.63, 3.8) is 0 Å². The van der Waals surface area contributed by atoms with Crippen molar-refractivity contribution >= 4 is 5.91 Å². The van der Waals surface area contributed by atoms with Crippen molar-refractivity contribution in [3.05, 3.63) is 50.9 Å². The third-order valence-electron chi connectivity index (χ3n) is 4.14. The highest BCUT2D eigenvalue weighted by Gasteiger charge is 2.24. The van der Waals surface area contributed by atoms with Crippen molar-refractivity contribution in [2.75, 3.05) is 13.2 Å². The summed E-state index contributed by atoms with van der Waals surface area (Å²) in [6.07, 6.45) is 0.573. The molecule has 0 fully saturated rings. The van der Waals surface area contributed by atoms with E-state index >= 15 is 0 Å². The molecule has 1 aliphatic rings. The zero-order chi connectivity index (χ0) is 15.7. The van der Waals surface area contributed by atoms with Gasteiger partial charge in [0.1, 0.15) is 5.75 Å². The predicted octanol–water partition coefficient (Wildman–Crippen LogP) is 1.28. The number of aromatic amines is 2. The lowest BCUT2D eigenvalue weighted by molar-refractivity contribution is -0.134. The Morgan fingerprint density at radius 2 is 2.09 bits per heavy atom. The second-order valence-electron chi connectivity index (χ2n) is 5.64. The van der Waals surface area contributed by atoms with E-state index in [1.165, 1.54) is 5.56 Å². The Balaban J connectivity index is 1.61. The Morgan fingerprint density at radius 3 is 2.86 bits per heavy atom. The SMILES string of the molecule is Cc1ccc(OCC(=O)N2CCc3c([nH][nH]c3=O)C2)cc1C. The van der Waals surface area contributed by atoms with Crippen LogP contribution >= 0.6 is 0 Å². The summed E-state index contributed by atoms with van der Waals surface area (Å²) in [6.45, 7) is 5.02. The summed E-state index contributed by atoms with van der Waals surface area (Å²) in [5.41, 5.74) is 3.78. The topological polar surface area (TPSA) is 78.2 Å². The van der Waals surface area contributed by atoms with Gasteiger partial charge in [-0.2, -0.15) is 0 Å². The molecule has 6 nitrogen and oxygen atoms in total. The molecule has 0 saturated heterocycles. The molecule has 22 heavy (non-hydrogen) atoms. The molecule has 2 aromatic rings. The van der Waals surface area contributed by atoms with Gasteiger partial charge in [-0.3, -0.25) is 14.7 Å². The Hall–Kier alpha value is -2.50. The molecular weight excluding hydrogens is 282 g/mol. The summed E-state index contributed by atoms with van der Waals surface area (Å²) >= 11 is 0. The summed E-state index contributed by atoms with van der Waals surface area (Å²) in [6, 6.07) is 5.78. The second kappa shape index (κ2) is 5.71. The minimum Gasteiger partial charge on any atom is -0.484 e. The summed E-state index contributed by atoms with van der Waals surface area (Å²) in [5.74, 6) is 0.620. The van der Waals surface area contributed by atoms with Gasteiger partial charge < -0.3 is 14.7 Å². The van der Waals surface area contributed by atoms with Crippen LogP contribution in [0.2, 0.25) is 0 Å². The first kappa shape index (κ1) is 14.4. The van der Waals surface area contributed by atoms with Gasteiger partial charge in [-0.15, -0.1) is 0 Å². The number of fused-ring (bicyclic) bond motifs is 1. The van der Waals surface area contributed by atoms with E-state index in [0.29, 0.717) is 25.3 Å². The molecule has 3 rings (SSSR count). The van der Waals surface area contributed by atoms with Crippen molar-refractivity contribution < 1.29 is 9.53 Å². The van der Waals surface area contributed by atoms with Gasteiger partial charge in [0.15, 0.2) is 6.61 Å². The van der Waals surface area contributed by atoms with E-state index in [-0.39, 0.29) is 18.1 Å². The normalized spacial score (nSPS) is 13.8. The maximum Gasteiger partial charge on any atom is 0.267 e. The molecule has 2 N–H and O–H groups in total. The Labute approximate surface area is 128 Å². The lowest BCUT2D eigenvalue weighted by atomic mass is 10.1. The van der Waals surface area contributed by atoms with Gasteiger partial charge in [0.2, 0.25) is 0 Å². The number of nitrogens with one attached hydrogen (secondary N) is 2. The van der Waals surface area contributed by atoms with Gasteiger partial charge in [0.05, 0.1) is 12.2 Å². The number of hydrogen-bond acceptors (Lipinski definition) is 3. The van der Waals surface area contributed by atoms with E-state index < -0.39 is 0 Å². The average Bonchev–Trinajstić information content (AvgIpc) is 2.89. The highest BCUT2D eigenvalue weighted by Crippen LogP contribution is 2.17. The third-order valence-corrected chi connectivity index (χ3v) is 4.14. The number of nitrogens with zero attached hydrogens (tertiary/aromatic N) is 1. The molecular formula is C16H19N3O3. The Bertz CT molecular complexity index is 760. The second-order valence-corrected chi connectivity index (χ2v) is 5.64. The van der Waals surface area contributed by atoms with Crippen LogP contribution < -0.4 is 10.3 Å². The van der Waals surface area contributed by atoms with Crippen LogP contribution in [0.4, 0.5) is 0 Å². The van der Waals surface area contributed by atoms with Crippen LogP contribution in [-0.4, -0.2) is 34.2 Å². The number of aryl methyl sites for hydroxylation is 2. The highest BCUT2D eigenvalue weighted by atomic mass is 16.5. The fraction of sp³-hybridized carbons (Fsp3) is 0.375. The smallest absolute Gasteiger partial charge is 0.267 e. The first-order valence-corrected chi connectivity index (χ1v) is 7.31. The van der Waals surface area contributed by atoms with Crippen molar-refractivity contribution in [3.8, 4) is 5.75 Å². The van der Waals surface area contributed by atoms with Crippen LogP contribution in [0.1, 0.15) is 22.4 Å². The van der Waals surface area contributed by atoms with Crippen LogP contribution in [0.3, 0.4) is 0 Å². The zero-order valence-electron chi connectivity index (χ0n) is 12.7. The summed E-state index contributed by atoms with van der Waals surface area (Å²) in [5, 5.41) is 5.38. The molecule has 0 radical (unpaired) electrons. The standard InChI is InChI=1S/C16H19N3O3/c1-10-3-4-12(7-11(10)2)22-9-15(20)19-6-5-13-14(8-19)17-18-16(13)21/h3-4,7H,5-6,8-9H2,1-2H3,(H2,17,18,21). The average molecular weight is 301 g/mol. The van der Waals surface area contributed by atoms with Gasteiger partial charge in [0.25, 0.3) is 11.5 Å². The van der Waals surface area contributed by atoms with Gasteiger partial charge in [-0.1, -0.05) is 6.07 Å². The fourth-order valence-corrected chi connectivity index (χ4v) is 2.59. The van der Waals surface area contributed by atoms with Gasteiger partial charge in [-0.05, 0) is 43.5 Å². The number of benzene rings is 1. The van der Waals surface area contributed by atoms with Gasteiger partial charge >= 0.3 is 0 Å². The number of carbonyl (C=O) groups excluding carboxylic acids is 1. The van der Waals surface area contributed by atoms with Crippen molar-refractivity contribution in [2.24, 2.45) is 0 Å². The molecule has 0 aliphatic carbocycles. The fourth-order valence-electron chi connectivity index (χ4n) is 2.59. The number of aromatic nitrogens is 2. The van der Waals surface area contributed by atoms with E-state index in [1.807, 2.05) is 32.0 Å². The molecule has 1 amide bonds. The molecule has 0 atom stereocenters. The maximum atomic E-state index is 12.2. The highest BCUT2D eigenvalue weighted by molar-refractivity contribution is 5.78. The predicted molar refractivity (Wildman–Crippen MR) is 81.9 cm³/mol. The van der Waals surface area contributed by atoms with Crippen molar-refractivity contribution in [1.82, 2.24) is 15.1 Å². The number of hydrogen-bond donors (Lipinski definition) is 2. The molecule has 0 saturated carbocycles. The minimum atomic E-state index is -0.0894. The van der Waals surface area contributed by atoms with Crippen LogP contribution in [0.5, 0.6) is 5.75 Å². The van der Waals surface area contributed by atoms with Crippen molar-refractivity contribution in [1.29, 1.82) is 0 Å². The first-order chi connectivity index (χ1) is 10.5. The van der Waals surface area contributed by atoms with Crippen LogP contribution in [-0.2, 0) is 17.8 Å². The number of amides is 1. The number of ether oxygens (including phenoxy) is 1. The van der Waals surface area contributed by atoms with E-state index in [0.717, 1.165) is 16.8 Å². The monoisotopic (exact) mass is 301 g/mol. The number of rotatable bonds is 3. The van der Waals surface area contributed by atoms with E-state index in [4.69, 9.17) is 4.74 Å². The van der Waals surface area contributed by atoms with E-state index in [2.05, 4.69) is 10.2 Å². The van der Waals surface area contributed by atoms with Crippen LogP contribution in [0.15, 0.2) is 23.0 Å². The first-order valence-electron chi connectivity index (χ1n) is 7.31. The van der Waals surface area contributed by atoms with Crippen molar-refractivity contribution in [2.45, 2.75) is 26.8 Å².